The Hall–Kier alpha value is -0.970. The molecule has 0 bridgehead atoms. The molecule has 0 spiro atoms. The van der Waals surface area contributed by atoms with Crippen LogP contribution in [0.1, 0.15) is 19.3 Å². The molecule has 4 nitrogen and oxygen atoms in total. The molecule has 0 atom stereocenters. The Labute approximate surface area is 122 Å². The van der Waals surface area contributed by atoms with E-state index in [1.54, 1.807) is 18.2 Å². The summed E-state index contributed by atoms with van der Waals surface area (Å²) in [6.45, 7) is 1.02. The minimum Gasteiger partial charge on any atom is -0.492 e. The third kappa shape index (κ3) is 4.00. The number of hydrogen-bond donors (Lipinski definition) is 2. The number of nitrogens with one attached hydrogen (secondary N) is 1. The molecule has 6 heteroatoms. The molecule has 0 unspecified atom stereocenters. The van der Waals surface area contributed by atoms with Crippen molar-refractivity contribution in [2.75, 3.05) is 13.2 Å². The molecule has 1 fully saturated rings. The first-order valence-electron chi connectivity index (χ1n) is 6.16. The number of nitrogens with two attached hydrogens (primary N) is 1. The van der Waals surface area contributed by atoms with Crippen molar-refractivity contribution >= 4 is 29.1 Å². The first-order chi connectivity index (χ1) is 9.01. The Morgan fingerprint density at radius 3 is 2.79 bits per heavy atom. The molecular formula is C13H16Cl2N2O2. The number of carbonyl (C=O) groups excluding carboxylic acids is 1. The number of benzene rings is 1. The molecule has 1 aromatic rings. The minimum atomic E-state index is -0.611. The molecule has 0 saturated heterocycles. The van der Waals surface area contributed by atoms with Gasteiger partial charge in [0.1, 0.15) is 5.75 Å². The Bertz CT molecular complexity index is 476. The Morgan fingerprint density at radius 1 is 1.42 bits per heavy atom. The third-order valence-electron chi connectivity index (χ3n) is 3.00. The lowest BCUT2D eigenvalue weighted by Gasteiger charge is -2.11. The molecule has 0 aliphatic heterocycles. The Morgan fingerprint density at radius 2 is 2.16 bits per heavy atom. The van der Waals surface area contributed by atoms with Gasteiger partial charge in [-0.05, 0) is 37.5 Å². The molecule has 0 heterocycles. The van der Waals surface area contributed by atoms with Crippen LogP contribution in [0.2, 0.25) is 10.0 Å². The van der Waals surface area contributed by atoms with E-state index in [2.05, 4.69) is 5.32 Å². The van der Waals surface area contributed by atoms with Crippen molar-refractivity contribution < 1.29 is 9.53 Å². The molecule has 1 amide bonds. The van der Waals surface area contributed by atoms with E-state index in [1.807, 2.05) is 0 Å². The number of halogens is 2. The third-order valence-corrected chi connectivity index (χ3v) is 3.53. The molecule has 0 radical (unpaired) electrons. The molecule has 2 rings (SSSR count). The van der Waals surface area contributed by atoms with E-state index < -0.39 is 5.54 Å². The van der Waals surface area contributed by atoms with Crippen molar-refractivity contribution in [1.82, 2.24) is 5.32 Å². The zero-order valence-electron chi connectivity index (χ0n) is 10.4. The topological polar surface area (TPSA) is 64.4 Å². The monoisotopic (exact) mass is 302 g/mol. The summed E-state index contributed by atoms with van der Waals surface area (Å²) < 4.78 is 5.50. The van der Waals surface area contributed by atoms with Crippen LogP contribution in [0, 0.1) is 0 Å². The van der Waals surface area contributed by atoms with Gasteiger partial charge in [0, 0.05) is 11.6 Å². The molecule has 3 N–H and O–H groups in total. The van der Waals surface area contributed by atoms with Gasteiger partial charge in [-0.1, -0.05) is 23.2 Å². The smallest absolute Gasteiger partial charge is 0.240 e. The molecular weight excluding hydrogens is 287 g/mol. The zero-order chi connectivity index (χ0) is 13.9. The van der Waals surface area contributed by atoms with E-state index >= 15 is 0 Å². The van der Waals surface area contributed by atoms with Crippen molar-refractivity contribution in [1.29, 1.82) is 0 Å². The number of hydrogen-bond acceptors (Lipinski definition) is 3. The van der Waals surface area contributed by atoms with Gasteiger partial charge in [-0.25, -0.2) is 0 Å². The van der Waals surface area contributed by atoms with Gasteiger partial charge in [-0.3, -0.25) is 4.79 Å². The lowest BCUT2D eigenvalue weighted by molar-refractivity contribution is -0.123. The first kappa shape index (κ1) is 14.4. The Kier molecular flexibility index (Phi) is 4.55. The maximum atomic E-state index is 11.5. The minimum absolute atomic E-state index is 0.0722. The van der Waals surface area contributed by atoms with E-state index in [4.69, 9.17) is 33.7 Å². The molecule has 0 aromatic heterocycles. The summed E-state index contributed by atoms with van der Waals surface area (Å²) in [5, 5.41) is 3.85. The second-order valence-corrected chi connectivity index (χ2v) is 5.53. The fourth-order valence-electron chi connectivity index (χ4n) is 1.59. The van der Waals surface area contributed by atoms with Crippen molar-refractivity contribution in [3.05, 3.63) is 28.2 Å². The quantitative estimate of drug-likeness (QED) is 0.793. The lowest BCUT2D eigenvalue weighted by Crippen LogP contribution is -2.43. The van der Waals surface area contributed by atoms with Crippen LogP contribution in [-0.4, -0.2) is 24.6 Å². The summed E-state index contributed by atoms with van der Waals surface area (Å²) in [6, 6.07) is 5.07. The van der Waals surface area contributed by atoms with Crippen molar-refractivity contribution in [3.63, 3.8) is 0 Å². The van der Waals surface area contributed by atoms with Crippen LogP contribution in [0.25, 0.3) is 0 Å². The van der Waals surface area contributed by atoms with Gasteiger partial charge in [0.05, 0.1) is 17.2 Å². The molecule has 104 valence electrons. The summed E-state index contributed by atoms with van der Waals surface area (Å²) in [6.07, 6.45) is 2.24. The maximum absolute atomic E-state index is 11.5. The highest BCUT2D eigenvalue weighted by Crippen LogP contribution is 2.32. The summed E-state index contributed by atoms with van der Waals surface area (Å²) >= 11 is 11.8. The van der Waals surface area contributed by atoms with Gasteiger partial charge in [-0.15, -0.1) is 0 Å². The van der Waals surface area contributed by atoms with Crippen LogP contribution in [0.5, 0.6) is 5.75 Å². The van der Waals surface area contributed by atoms with E-state index in [0.29, 0.717) is 35.4 Å². The van der Waals surface area contributed by atoms with Crippen molar-refractivity contribution in [2.24, 2.45) is 5.73 Å². The van der Waals surface area contributed by atoms with Crippen LogP contribution in [0.3, 0.4) is 0 Å². The fraction of sp³-hybridized carbons (Fsp3) is 0.462. The normalized spacial score (nSPS) is 15.9. The number of ether oxygens (including phenoxy) is 1. The first-order valence-corrected chi connectivity index (χ1v) is 6.92. The van der Waals surface area contributed by atoms with Gasteiger partial charge in [-0.2, -0.15) is 0 Å². The lowest BCUT2D eigenvalue weighted by atomic mass is 10.2. The second kappa shape index (κ2) is 5.99. The molecule has 1 saturated carbocycles. The van der Waals surface area contributed by atoms with Gasteiger partial charge in [0.15, 0.2) is 0 Å². The van der Waals surface area contributed by atoms with Gasteiger partial charge < -0.3 is 15.8 Å². The average Bonchev–Trinajstić information content (AvgIpc) is 3.10. The highest BCUT2D eigenvalue weighted by atomic mass is 35.5. The van der Waals surface area contributed by atoms with Crippen LogP contribution in [0.4, 0.5) is 0 Å². The van der Waals surface area contributed by atoms with Crippen LogP contribution in [0.15, 0.2) is 18.2 Å². The van der Waals surface area contributed by atoms with Crippen molar-refractivity contribution in [3.8, 4) is 5.75 Å². The fourth-order valence-corrected chi connectivity index (χ4v) is 2.05. The standard InChI is InChI=1S/C13H16Cl2N2O2/c14-9-2-3-11(10(15)8-9)19-7-1-6-17-12(18)13(16)4-5-13/h2-3,8H,1,4-7,16H2,(H,17,18). The van der Waals surface area contributed by atoms with E-state index in [0.717, 1.165) is 12.8 Å². The largest absolute Gasteiger partial charge is 0.492 e. The summed E-state index contributed by atoms with van der Waals surface area (Å²) in [5.74, 6) is 0.520. The summed E-state index contributed by atoms with van der Waals surface area (Å²) in [7, 11) is 0. The maximum Gasteiger partial charge on any atom is 0.240 e. The number of carbonyl (C=O) groups is 1. The molecule has 1 aliphatic carbocycles. The number of rotatable bonds is 6. The average molecular weight is 303 g/mol. The van der Waals surface area contributed by atoms with Crippen LogP contribution < -0.4 is 15.8 Å². The predicted octanol–water partition coefficient (Wildman–Crippen LogP) is 2.37. The second-order valence-electron chi connectivity index (χ2n) is 4.69. The molecule has 19 heavy (non-hydrogen) atoms. The summed E-state index contributed by atoms with van der Waals surface area (Å²) in [4.78, 5) is 11.5. The van der Waals surface area contributed by atoms with Gasteiger partial charge >= 0.3 is 0 Å². The molecule has 1 aliphatic rings. The van der Waals surface area contributed by atoms with E-state index in [-0.39, 0.29) is 5.91 Å². The SMILES string of the molecule is NC1(C(=O)NCCCOc2ccc(Cl)cc2Cl)CC1. The van der Waals surface area contributed by atoms with Crippen LogP contribution >= 0.6 is 23.2 Å². The molecule has 1 aromatic carbocycles. The summed E-state index contributed by atoms with van der Waals surface area (Å²) in [5.41, 5.74) is 5.15. The predicted molar refractivity (Wildman–Crippen MR) is 75.7 cm³/mol. The van der Waals surface area contributed by atoms with Gasteiger partial charge in [0.2, 0.25) is 5.91 Å². The van der Waals surface area contributed by atoms with E-state index in [1.165, 1.54) is 0 Å². The number of amides is 1. The van der Waals surface area contributed by atoms with Gasteiger partial charge in [0.25, 0.3) is 0 Å². The highest BCUT2D eigenvalue weighted by Gasteiger charge is 2.45. The Balaban J connectivity index is 1.65. The van der Waals surface area contributed by atoms with Crippen LogP contribution in [-0.2, 0) is 4.79 Å². The van der Waals surface area contributed by atoms with E-state index in [9.17, 15) is 4.79 Å². The zero-order valence-corrected chi connectivity index (χ0v) is 11.9. The van der Waals surface area contributed by atoms with Crippen molar-refractivity contribution in [2.45, 2.75) is 24.8 Å². The highest BCUT2D eigenvalue weighted by molar-refractivity contribution is 6.35.